The normalized spacial score (nSPS) is 17.8. The minimum Gasteiger partial charge on any atom is -0.493 e. The van der Waals surface area contributed by atoms with E-state index in [0.29, 0.717) is 42.2 Å². The maximum Gasteiger partial charge on any atom is 0.232 e. The zero-order valence-electron chi connectivity index (χ0n) is 23.8. The quantitative estimate of drug-likeness (QED) is 0.310. The first-order chi connectivity index (χ1) is 20.0. The SMILES string of the molecule is COc1cc(-n2cnc(Nc3nc(N4CCC[C@H]4CO)c4c(C)nn(C5CCOCC5)c4n3)c2)cc(OC)c1OC. The van der Waals surface area contributed by atoms with Crippen molar-refractivity contribution in [3.63, 3.8) is 0 Å². The number of nitrogens with zero attached hydrogens (tertiary/aromatic N) is 7. The molecule has 4 aromatic rings. The van der Waals surface area contributed by atoms with Gasteiger partial charge in [-0.15, -0.1) is 0 Å². The summed E-state index contributed by atoms with van der Waals surface area (Å²) in [7, 11) is 4.74. The summed E-state index contributed by atoms with van der Waals surface area (Å²) in [6, 6.07) is 3.91. The van der Waals surface area contributed by atoms with E-state index in [2.05, 4.69) is 15.2 Å². The number of hydrogen-bond acceptors (Lipinski definition) is 11. The summed E-state index contributed by atoms with van der Waals surface area (Å²) in [5.74, 6) is 3.38. The van der Waals surface area contributed by atoms with Crippen LogP contribution in [0.1, 0.15) is 37.4 Å². The molecule has 3 aromatic heterocycles. The lowest BCUT2D eigenvalue weighted by Gasteiger charge is -2.26. The minimum atomic E-state index is 0.00558. The van der Waals surface area contributed by atoms with Gasteiger partial charge in [0.05, 0.1) is 63.0 Å². The van der Waals surface area contributed by atoms with Crippen LogP contribution in [-0.4, -0.2) is 88.1 Å². The standard InChI is InChI=1S/C28H36N8O5/c1-17-24-26(35-9-5-6-19(35)15-37)31-28(32-27(24)36(33-17)18-7-10-41-11-8-18)30-23-14-34(16-29-23)20-12-21(38-2)25(40-4)22(13-20)39-3/h12-14,16,18-19,37H,5-11,15H2,1-4H3,(H,30,31,32)/t19-/m0/s1. The van der Waals surface area contributed by atoms with Crippen LogP contribution in [-0.2, 0) is 4.74 Å². The van der Waals surface area contributed by atoms with Crippen LogP contribution in [0.3, 0.4) is 0 Å². The molecule has 5 heterocycles. The number of benzene rings is 1. The highest BCUT2D eigenvalue weighted by Gasteiger charge is 2.31. The molecule has 0 radical (unpaired) electrons. The smallest absolute Gasteiger partial charge is 0.232 e. The van der Waals surface area contributed by atoms with Gasteiger partial charge in [0.15, 0.2) is 23.0 Å². The van der Waals surface area contributed by atoms with E-state index in [1.807, 2.05) is 34.5 Å². The molecule has 2 fully saturated rings. The van der Waals surface area contributed by atoms with E-state index < -0.39 is 0 Å². The van der Waals surface area contributed by atoms with E-state index in [-0.39, 0.29) is 18.7 Å². The summed E-state index contributed by atoms with van der Waals surface area (Å²) < 4.78 is 26.0. The molecule has 2 aliphatic heterocycles. The fourth-order valence-electron chi connectivity index (χ4n) is 5.80. The predicted octanol–water partition coefficient (Wildman–Crippen LogP) is 3.40. The zero-order valence-corrected chi connectivity index (χ0v) is 23.8. The number of fused-ring (bicyclic) bond motifs is 1. The van der Waals surface area contributed by atoms with Crippen molar-refractivity contribution < 1.29 is 24.1 Å². The maximum absolute atomic E-state index is 10.1. The number of nitrogens with one attached hydrogen (secondary N) is 1. The molecule has 1 atom stereocenters. The molecule has 2 N–H and O–H groups in total. The summed E-state index contributed by atoms with van der Waals surface area (Å²) in [4.78, 5) is 16.7. The fourth-order valence-corrected chi connectivity index (χ4v) is 5.80. The van der Waals surface area contributed by atoms with E-state index >= 15 is 0 Å². The van der Waals surface area contributed by atoms with Crippen molar-refractivity contribution in [1.82, 2.24) is 29.3 Å². The molecule has 2 aliphatic rings. The Bertz CT molecular complexity index is 1500. The first kappa shape index (κ1) is 27.1. The molecule has 0 saturated carbocycles. The van der Waals surface area contributed by atoms with E-state index in [9.17, 15) is 5.11 Å². The van der Waals surface area contributed by atoms with Gasteiger partial charge in [0.1, 0.15) is 12.1 Å². The minimum absolute atomic E-state index is 0.00558. The third-order valence-corrected chi connectivity index (χ3v) is 7.87. The van der Waals surface area contributed by atoms with Gasteiger partial charge in [0, 0.05) is 31.9 Å². The lowest BCUT2D eigenvalue weighted by Crippen LogP contribution is -2.33. The molecule has 41 heavy (non-hydrogen) atoms. The van der Waals surface area contributed by atoms with E-state index in [4.69, 9.17) is 34.0 Å². The number of rotatable bonds is 9. The Hall–Kier alpha value is -4.10. The van der Waals surface area contributed by atoms with Gasteiger partial charge in [-0.1, -0.05) is 0 Å². The van der Waals surface area contributed by atoms with E-state index in [1.54, 1.807) is 27.7 Å². The number of ether oxygens (including phenoxy) is 4. The number of hydrogen-bond donors (Lipinski definition) is 2. The van der Waals surface area contributed by atoms with Gasteiger partial charge in [-0.25, -0.2) is 9.67 Å². The first-order valence-electron chi connectivity index (χ1n) is 13.9. The van der Waals surface area contributed by atoms with Crippen LogP contribution < -0.4 is 24.4 Å². The first-order valence-corrected chi connectivity index (χ1v) is 13.9. The number of imidazole rings is 1. The molecule has 0 unspecified atom stereocenters. The topological polar surface area (TPSA) is 134 Å². The van der Waals surface area contributed by atoms with E-state index in [1.165, 1.54) is 0 Å². The van der Waals surface area contributed by atoms with Crippen LogP contribution in [0.5, 0.6) is 17.2 Å². The van der Waals surface area contributed by atoms with Gasteiger partial charge < -0.3 is 38.8 Å². The number of anilines is 3. The average molecular weight is 565 g/mol. The third-order valence-electron chi connectivity index (χ3n) is 7.87. The molecule has 0 bridgehead atoms. The van der Waals surface area contributed by atoms with Crippen LogP contribution in [0.2, 0.25) is 0 Å². The van der Waals surface area contributed by atoms with E-state index in [0.717, 1.165) is 60.5 Å². The van der Waals surface area contributed by atoms with Crippen LogP contribution in [0.4, 0.5) is 17.6 Å². The zero-order chi connectivity index (χ0) is 28.5. The summed E-state index contributed by atoms with van der Waals surface area (Å²) in [6.07, 6.45) is 7.20. The molecule has 1 aromatic carbocycles. The van der Waals surface area contributed by atoms with Crippen LogP contribution in [0.25, 0.3) is 16.7 Å². The molecule has 13 nitrogen and oxygen atoms in total. The molecule has 0 spiro atoms. The highest BCUT2D eigenvalue weighted by atomic mass is 16.5. The Balaban J connectivity index is 1.39. The highest BCUT2D eigenvalue weighted by molar-refractivity contribution is 5.91. The Morgan fingerprint density at radius 1 is 1.05 bits per heavy atom. The Morgan fingerprint density at radius 3 is 2.49 bits per heavy atom. The van der Waals surface area contributed by atoms with Gasteiger partial charge in [0.25, 0.3) is 0 Å². The van der Waals surface area contributed by atoms with Gasteiger partial charge in [-0.3, -0.25) is 0 Å². The molecular formula is C28H36N8O5. The van der Waals surface area contributed by atoms with Crippen LogP contribution in [0, 0.1) is 6.92 Å². The highest BCUT2D eigenvalue weighted by Crippen LogP contribution is 2.40. The predicted molar refractivity (Wildman–Crippen MR) is 153 cm³/mol. The van der Waals surface area contributed by atoms with Gasteiger partial charge in [-0.2, -0.15) is 15.1 Å². The lowest BCUT2D eigenvalue weighted by molar-refractivity contribution is 0.0672. The lowest BCUT2D eigenvalue weighted by atomic mass is 10.1. The maximum atomic E-state index is 10.1. The number of aryl methyl sites for hydroxylation is 1. The summed E-state index contributed by atoms with van der Waals surface area (Å²) >= 11 is 0. The number of aliphatic hydroxyl groups is 1. The molecule has 13 heteroatoms. The largest absolute Gasteiger partial charge is 0.493 e. The Kier molecular flexibility index (Phi) is 7.54. The van der Waals surface area contributed by atoms with Crippen molar-refractivity contribution in [2.24, 2.45) is 0 Å². The average Bonchev–Trinajstić information content (AvgIpc) is 3.75. The summed E-state index contributed by atoms with van der Waals surface area (Å²) in [5.41, 5.74) is 2.44. The van der Waals surface area contributed by atoms with Crippen molar-refractivity contribution >= 4 is 28.6 Å². The number of aliphatic hydroxyl groups excluding tert-OH is 1. The molecule has 0 aliphatic carbocycles. The monoisotopic (exact) mass is 564 g/mol. The van der Waals surface area contributed by atoms with Crippen molar-refractivity contribution in [3.05, 3.63) is 30.4 Å². The van der Waals surface area contributed by atoms with Gasteiger partial charge in [-0.05, 0) is 32.6 Å². The second-order valence-corrected chi connectivity index (χ2v) is 10.3. The summed E-state index contributed by atoms with van der Waals surface area (Å²) in [6.45, 7) is 4.28. The second kappa shape index (κ2) is 11.4. The summed E-state index contributed by atoms with van der Waals surface area (Å²) in [5, 5.41) is 19.2. The van der Waals surface area contributed by atoms with Crippen LogP contribution in [0.15, 0.2) is 24.7 Å². The molecule has 218 valence electrons. The molecular weight excluding hydrogens is 528 g/mol. The van der Waals surface area contributed by atoms with Crippen molar-refractivity contribution in [2.45, 2.75) is 44.7 Å². The third kappa shape index (κ3) is 4.99. The molecule has 2 saturated heterocycles. The van der Waals surface area contributed by atoms with Crippen LogP contribution >= 0.6 is 0 Å². The molecule has 0 amide bonds. The molecule has 6 rings (SSSR count). The number of methoxy groups -OCH3 is 3. The Labute approximate surface area is 238 Å². The Morgan fingerprint density at radius 2 is 1.80 bits per heavy atom. The van der Waals surface area contributed by atoms with Crippen molar-refractivity contribution in [2.75, 3.05) is 57.9 Å². The van der Waals surface area contributed by atoms with Gasteiger partial charge >= 0.3 is 0 Å². The van der Waals surface area contributed by atoms with Crippen molar-refractivity contribution in [1.29, 1.82) is 0 Å². The van der Waals surface area contributed by atoms with Crippen molar-refractivity contribution in [3.8, 4) is 22.9 Å². The fraction of sp³-hybridized carbons (Fsp3) is 0.500. The van der Waals surface area contributed by atoms with Gasteiger partial charge in [0.2, 0.25) is 11.7 Å². The second-order valence-electron chi connectivity index (χ2n) is 10.3. The number of aromatic nitrogens is 6.